The van der Waals surface area contributed by atoms with Crippen LogP contribution in [-0.2, 0) is 9.53 Å². The number of nitrogen functional groups attached to an aromatic ring is 1. The second-order valence-corrected chi connectivity index (χ2v) is 8.52. The second-order valence-electron chi connectivity index (χ2n) is 8.52. The summed E-state index contributed by atoms with van der Waals surface area (Å²) < 4.78 is 6.30. The molecule has 0 bridgehead atoms. The third kappa shape index (κ3) is 5.45. The summed E-state index contributed by atoms with van der Waals surface area (Å²) in [7, 11) is 0. The Balaban J connectivity index is 1.47. The van der Waals surface area contributed by atoms with Crippen molar-refractivity contribution in [2.45, 2.75) is 39.8 Å². The van der Waals surface area contributed by atoms with Crippen molar-refractivity contribution in [3.8, 4) is 5.82 Å². The molecule has 2 aromatic heterocycles. The Morgan fingerprint density at radius 2 is 1.72 bits per heavy atom. The molecule has 1 aliphatic rings. The third-order valence-corrected chi connectivity index (χ3v) is 5.76. The SMILES string of the molecule is CCOC(=O)Nc1ccc(Nc2nc(N)n(-c3cc(N4C[C@@H](C)N(C(C)=O)[C@@H](C)C4)ncn3)n2)cc1. The van der Waals surface area contributed by atoms with E-state index < -0.39 is 6.09 Å². The molecule has 0 saturated carbocycles. The molecule has 190 valence electrons. The van der Waals surface area contributed by atoms with E-state index in [0.717, 1.165) is 5.82 Å². The quantitative estimate of drug-likeness (QED) is 0.465. The number of anilines is 5. The smallest absolute Gasteiger partial charge is 0.411 e. The number of ether oxygens (including phenoxy) is 1. The van der Waals surface area contributed by atoms with Crippen LogP contribution in [0.5, 0.6) is 0 Å². The minimum atomic E-state index is -0.514. The van der Waals surface area contributed by atoms with Crippen LogP contribution in [0.4, 0.5) is 33.9 Å². The zero-order valence-corrected chi connectivity index (χ0v) is 20.7. The van der Waals surface area contributed by atoms with E-state index in [9.17, 15) is 9.59 Å². The van der Waals surface area contributed by atoms with Gasteiger partial charge in [0.1, 0.15) is 12.1 Å². The van der Waals surface area contributed by atoms with Crippen LogP contribution in [0.15, 0.2) is 36.7 Å². The number of amides is 2. The van der Waals surface area contributed by atoms with Crippen molar-refractivity contribution in [2.24, 2.45) is 0 Å². The molecule has 4 rings (SSSR count). The summed E-state index contributed by atoms with van der Waals surface area (Å²) in [4.78, 5) is 40.6. The van der Waals surface area contributed by atoms with Gasteiger partial charge in [0.05, 0.1) is 6.61 Å². The van der Waals surface area contributed by atoms with Crippen molar-refractivity contribution in [1.29, 1.82) is 0 Å². The highest BCUT2D eigenvalue weighted by molar-refractivity contribution is 5.84. The molecule has 13 heteroatoms. The first-order chi connectivity index (χ1) is 17.2. The van der Waals surface area contributed by atoms with E-state index in [1.165, 1.54) is 11.0 Å². The molecule has 0 unspecified atom stereocenters. The van der Waals surface area contributed by atoms with Gasteiger partial charge in [0.25, 0.3) is 0 Å². The van der Waals surface area contributed by atoms with Gasteiger partial charge in [-0.2, -0.15) is 9.67 Å². The lowest BCUT2D eigenvalue weighted by Gasteiger charge is -2.44. The molecule has 3 heterocycles. The van der Waals surface area contributed by atoms with Crippen molar-refractivity contribution in [3.05, 3.63) is 36.7 Å². The van der Waals surface area contributed by atoms with E-state index >= 15 is 0 Å². The summed E-state index contributed by atoms with van der Waals surface area (Å²) >= 11 is 0. The molecule has 13 nitrogen and oxygen atoms in total. The van der Waals surface area contributed by atoms with Crippen LogP contribution < -0.4 is 21.3 Å². The Hall–Kier alpha value is -4.42. The molecule has 0 aliphatic carbocycles. The van der Waals surface area contributed by atoms with Crippen molar-refractivity contribution < 1.29 is 14.3 Å². The number of piperazine rings is 1. The van der Waals surface area contributed by atoms with E-state index in [1.807, 2.05) is 18.7 Å². The van der Waals surface area contributed by atoms with Crippen LogP contribution >= 0.6 is 0 Å². The van der Waals surface area contributed by atoms with Gasteiger partial charge in [-0.05, 0) is 45.0 Å². The molecule has 2 amide bonds. The molecular formula is C23H30N10O3. The van der Waals surface area contributed by atoms with Gasteiger partial charge in [0.2, 0.25) is 17.8 Å². The maximum Gasteiger partial charge on any atom is 0.411 e. The van der Waals surface area contributed by atoms with E-state index in [4.69, 9.17) is 10.5 Å². The summed E-state index contributed by atoms with van der Waals surface area (Å²) in [6.45, 7) is 8.99. The van der Waals surface area contributed by atoms with Crippen molar-refractivity contribution in [3.63, 3.8) is 0 Å². The Kier molecular flexibility index (Phi) is 7.17. The highest BCUT2D eigenvalue weighted by Crippen LogP contribution is 2.24. The normalized spacial score (nSPS) is 17.6. The summed E-state index contributed by atoms with van der Waals surface area (Å²) in [5, 5.41) is 10.2. The predicted molar refractivity (Wildman–Crippen MR) is 135 cm³/mol. The highest BCUT2D eigenvalue weighted by Gasteiger charge is 2.31. The molecule has 1 aliphatic heterocycles. The second kappa shape index (κ2) is 10.5. The van der Waals surface area contributed by atoms with Gasteiger partial charge in [-0.25, -0.2) is 14.8 Å². The largest absolute Gasteiger partial charge is 0.450 e. The van der Waals surface area contributed by atoms with Crippen LogP contribution in [0, 0.1) is 0 Å². The Morgan fingerprint density at radius 1 is 1.08 bits per heavy atom. The van der Waals surface area contributed by atoms with Crippen molar-refractivity contribution in [2.75, 3.05) is 41.0 Å². The van der Waals surface area contributed by atoms with E-state index in [2.05, 4.69) is 35.6 Å². The molecule has 3 aromatic rings. The standard InChI is InChI=1S/C23H30N10O3/c1-5-36-23(35)28-18-8-6-17(7-9-18)27-22-29-21(24)33(30-22)20-10-19(25-13-26-20)31-11-14(2)32(16(4)34)15(3)12-31/h6-10,13-15H,5,11-12H2,1-4H3,(H,28,35)(H3,24,27,29,30)/t14-,15+. The number of carbonyl (C=O) groups excluding carboxylic acids is 2. The van der Waals surface area contributed by atoms with E-state index in [-0.39, 0.29) is 29.9 Å². The van der Waals surface area contributed by atoms with Crippen LogP contribution in [0.3, 0.4) is 0 Å². The first kappa shape index (κ1) is 24.7. The number of hydrogen-bond donors (Lipinski definition) is 3. The summed E-state index contributed by atoms with van der Waals surface area (Å²) in [5.74, 6) is 1.71. The van der Waals surface area contributed by atoms with Crippen molar-refractivity contribution in [1.82, 2.24) is 29.6 Å². The maximum absolute atomic E-state index is 12.0. The maximum atomic E-state index is 12.0. The van der Waals surface area contributed by atoms with Gasteiger partial charge in [-0.1, -0.05) is 0 Å². The highest BCUT2D eigenvalue weighted by atomic mass is 16.5. The third-order valence-electron chi connectivity index (χ3n) is 5.76. The molecule has 4 N–H and O–H groups in total. The van der Waals surface area contributed by atoms with Gasteiger partial charge in [-0.15, -0.1) is 5.10 Å². The van der Waals surface area contributed by atoms with Crippen LogP contribution in [0.25, 0.3) is 5.82 Å². The van der Waals surface area contributed by atoms with E-state index in [1.54, 1.807) is 44.2 Å². The van der Waals surface area contributed by atoms with Crippen LogP contribution in [0.1, 0.15) is 27.7 Å². The first-order valence-electron chi connectivity index (χ1n) is 11.6. The first-order valence-corrected chi connectivity index (χ1v) is 11.6. The molecule has 1 aromatic carbocycles. The number of nitrogens with one attached hydrogen (secondary N) is 2. The average Bonchev–Trinajstić information content (AvgIpc) is 3.19. The molecular weight excluding hydrogens is 464 g/mol. The monoisotopic (exact) mass is 494 g/mol. The van der Waals surface area contributed by atoms with Gasteiger partial charge >= 0.3 is 6.09 Å². The lowest BCUT2D eigenvalue weighted by molar-refractivity contribution is -0.133. The minimum absolute atomic E-state index is 0.0517. The van der Waals surface area contributed by atoms with Gasteiger partial charge < -0.3 is 25.6 Å². The van der Waals surface area contributed by atoms with Crippen molar-refractivity contribution >= 4 is 41.1 Å². The molecule has 36 heavy (non-hydrogen) atoms. The fraction of sp³-hybridized carbons (Fsp3) is 0.391. The lowest BCUT2D eigenvalue weighted by Crippen LogP contribution is -2.58. The number of benzene rings is 1. The summed E-state index contributed by atoms with van der Waals surface area (Å²) in [6, 6.07) is 8.89. The number of nitrogens with two attached hydrogens (primary N) is 1. The topological polar surface area (TPSA) is 156 Å². The van der Waals surface area contributed by atoms with Crippen LogP contribution in [0.2, 0.25) is 0 Å². The Labute approximate surface area is 208 Å². The number of hydrogen-bond acceptors (Lipinski definition) is 10. The minimum Gasteiger partial charge on any atom is -0.450 e. The molecule has 1 fully saturated rings. The zero-order chi connectivity index (χ0) is 25.8. The number of nitrogens with zero attached hydrogens (tertiary/aromatic N) is 7. The van der Waals surface area contributed by atoms with Crippen LogP contribution in [-0.4, -0.2) is 73.4 Å². The van der Waals surface area contributed by atoms with Gasteiger partial charge in [-0.3, -0.25) is 10.1 Å². The van der Waals surface area contributed by atoms with Gasteiger partial charge in [0.15, 0.2) is 5.82 Å². The Bertz CT molecular complexity index is 1220. The number of rotatable bonds is 6. The summed E-state index contributed by atoms with van der Waals surface area (Å²) in [6.07, 6.45) is 0.946. The number of aromatic nitrogens is 5. The average molecular weight is 495 g/mol. The molecule has 2 atom stereocenters. The molecule has 1 saturated heterocycles. The summed E-state index contributed by atoms with van der Waals surface area (Å²) in [5.41, 5.74) is 7.43. The zero-order valence-electron chi connectivity index (χ0n) is 20.7. The molecule has 0 spiro atoms. The number of carbonyl (C=O) groups is 2. The van der Waals surface area contributed by atoms with Gasteiger partial charge in [0, 0.05) is 49.5 Å². The fourth-order valence-electron chi connectivity index (χ4n) is 4.35. The predicted octanol–water partition coefficient (Wildman–Crippen LogP) is 2.40. The van der Waals surface area contributed by atoms with E-state index in [0.29, 0.717) is 36.9 Å². The molecule has 0 radical (unpaired) electrons. The fourth-order valence-corrected chi connectivity index (χ4v) is 4.35. The Morgan fingerprint density at radius 3 is 2.36 bits per heavy atom. The lowest BCUT2D eigenvalue weighted by atomic mass is 10.1.